The molecule has 21 heavy (non-hydrogen) atoms. The minimum atomic E-state index is -1.60. The number of amides is 2. The van der Waals surface area contributed by atoms with E-state index in [9.17, 15) is 14.4 Å². The van der Waals surface area contributed by atoms with Gasteiger partial charge in [-0.05, 0) is 12.1 Å². The minimum absolute atomic E-state index is 0.0491. The van der Waals surface area contributed by atoms with Crippen molar-refractivity contribution in [2.75, 3.05) is 6.54 Å². The fourth-order valence-corrected chi connectivity index (χ4v) is 2.15. The molecule has 0 spiro atoms. The van der Waals surface area contributed by atoms with Crippen molar-refractivity contribution in [3.63, 3.8) is 0 Å². The van der Waals surface area contributed by atoms with E-state index in [1.165, 1.54) is 6.92 Å². The molecule has 0 radical (unpaired) electrons. The van der Waals surface area contributed by atoms with Crippen molar-refractivity contribution in [3.05, 3.63) is 24.3 Å². The first-order valence-electron chi connectivity index (χ1n) is 6.06. The van der Waals surface area contributed by atoms with E-state index in [4.69, 9.17) is 21.3 Å². The predicted molar refractivity (Wildman–Crippen MR) is 72.4 cm³/mol. The predicted octanol–water partition coefficient (Wildman–Crippen LogP) is 1.17. The van der Waals surface area contributed by atoms with E-state index in [1.54, 1.807) is 0 Å². The van der Waals surface area contributed by atoms with Crippen LogP contribution in [-0.2, 0) is 19.1 Å². The summed E-state index contributed by atoms with van der Waals surface area (Å²) < 4.78 is 10.6. The molecule has 1 fully saturated rings. The van der Waals surface area contributed by atoms with E-state index in [1.807, 2.05) is 24.3 Å². The van der Waals surface area contributed by atoms with Gasteiger partial charge in [0.1, 0.15) is 18.0 Å². The first-order valence-corrected chi connectivity index (χ1v) is 6.40. The molecule has 112 valence electrons. The number of benzene rings is 1. The van der Waals surface area contributed by atoms with Gasteiger partial charge in [-0.2, -0.15) is 0 Å². The second kappa shape index (κ2) is 5.61. The van der Waals surface area contributed by atoms with Gasteiger partial charge in [0.05, 0.1) is 0 Å². The average Bonchev–Trinajstić information content (AvgIpc) is 2.37. The number of hydrogen-bond acceptors (Lipinski definition) is 5. The van der Waals surface area contributed by atoms with Gasteiger partial charge in [0.2, 0.25) is 5.91 Å². The summed E-state index contributed by atoms with van der Waals surface area (Å²) in [6, 6.07) is 7.86. The van der Waals surface area contributed by atoms with E-state index >= 15 is 0 Å². The molecular formula is C13H13ClN2O5. The van der Waals surface area contributed by atoms with Crippen LogP contribution in [0.3, 0.4) is 0 Å². The van der Waals surface area contributed by atoms with Gasteiger partial charge >= 0.3 is 11.9 Å². The van der Waals surface area contributed by atoms with Crippen molar-refractivity contribution < 1.29 is 23.9 Å². The standard InChI is InChI=1S/C7H9ClN2O4.C6H4O/c1-4(11)9-7(14-5(2)12)3-10(8)6(7)13;1-2-5-4-6(3-1)7-5/h3H2,1-2H3,(H,9,11);1-4H. The Morgan fingerprint density at radius 1 is 1.38 bits per heavy atom. The number of esters is 1. The third kappa shape index (κ3) is 3.25. The Balaban J connectivity index is 0.000000189. The zero-order valence-electron chi connectivity index (χ0n) is 11.4. The Morgan fingerprint density at radius 2 is 1.95 bits per heavy atom. The smallest absolute Gasteiger partial charge is 0.305 e. The van der Waals surface area contributed by atoms with E-state index in [0.717, 1.165) is 22.8 Å². The molecule has 1 aromatic rings. The fraction of sp³-hybridized carbons (Fsp3) is 0.308. The van der Waals surface area contributed by atoms with Gasteiger partial charge in [-0.3, -0.25) is 14.4 Å². The van der Waals surface area contributed by atoms with Gasteiger partial charge in [0, 0.05) is 31.7 Å². The number of fused-ring (bicyclic) bond motifs is 2. The molecule has 8 heteroatoms. The molecular weight excluding hydrogens is 300 g/mol. The lowest BCUT2D eigenvalue weighted by Gasteiger charge is -2.43. The molecule has 3 heterocycles. The largest absolute Gasteiger partial charge is 0.457 e. The van der Waals surface area contributed by atoms with Gasteiger partial charge in [-0.15, -0.1) is 0 Å². The quantitative estimate of drug-likeness (QED) is 0.389. The Morgan fingerprint density at radius 3 is 2.19 bits per heavy atom. The number of β-lactam (4-membered cyclic amide) rings is 1. The molecule has 0 saturated carbocycles. The molecule has 1 N–H and O–H groups in total. The maximum absolute atomic E-state index is 11.3. The summed E-state index contributed by atoms with van der Waals surface area (Å²) in [6.07, 6.45) is 0. The minimum Gasteiger partial charge on any atom is -0.457 e. The van der Waals surface area contributed by atoms with Crippen LogP contribution in [0.2, 0.25) is 0 Å². The lowest BCUT2D eigenvalue weighted by molar-refractivity contribution is -0.191. The molecule has 1 unspecified atom stereocenters. The summed E-state index contributed by atoms with van der Waals surface area (Å²) in [7, 11) is 0. The maximum Gasteiger partial charge on any atom is 0.305 e. The average molecular weight is 313 g/mol. The zero-order chi connectivity index (χ0) is 15.6. The Hall–Kier alpha value is -2.28. The Bertz CT molecular complexity index is 563. The first kappa shape index (κ1) is 15.1. The highest BCUT2D eigenvalue weighted by Crippen LogP contribution is 2.33. The molecule has 3 aliphatic rings. The molecule has 0 aliphatic carbocycles. The topological polar surface area (TPSA) is 84.9 Å². The summed E-state index contributed by atoms with van der Waals surface area (Å²) in [4.78, 5) is 32.7. The van der Waals surface area contributed by atoms with Crippen molar-refractivity contribution >= 4 is 29.6 Å². The van der Waals surface area contributed by atoms with Crippen LogP contribution in [0.5, 0.6) is 11.5 Å². The Labute approximate surface area is 125 Å². The van der Waals surface area contributed by atoms with E-state index < -0.39 is 23.5 Å². The second-order valence-corrected chi connectivity index (χ2v) is 4.91. The highest BCUT2D eigenvalue weighted by Gasteiger charge is 2.56. The van der Waals surface area contributed by atoms with E-state index in [-0.39, 0.29) is 6.54 Å². The summed E-state index contributed by atoms with van der Waals surface area (Å²) >= 11 is 5.39. The number of nitrogens with one attached hydrogen (secondary N) is 1. The summed E-state index contributed by atoms with van der Waals surface area (Å²) in [5, 5.41) is 2.25. The number of hydrogen-bond donors (Lipinski definition) is 1. The van der Waals surface area contributed by atoms with Crippen LogP contribution < -0.4 is 10.1 Å². The van der Waals surface area contributed by atoms with Crippen LogP contribution in [0.1, 0.15) is 13.8 Å². The van der Waals surface area contributed by atoms with Gasteiger partial charge in [0.25, 0.3) is 5.72 Å². The molecule has 0 aromatic heterocycles. The van der Waals surface area contributed by atoms with Crippen LogP contribution >= 0.6 is 11.8 Å². The third-order valence-corrected chi connectivity index (χ3v) is 2.94. The monoisotopic (exact) mass is 312 g/mol. The number of carbonyl (C=O) groups is 3. The number of ether oxygens (including phenoxy) is 2. The number of carbonyl (C=O) groups excluding carboxylic acids is 3. The molecule has 1 aromatic carbocycles. The van der Waals surface area contributed by atoms with Gasteiger partial charge in [-0.1, -0.05) is 6.07 Å². The van der Waals surface area contributed by atoms with Crippen molar-refractivity contribution in [2.45, 2.75) is 19.6 Å². The van der Waals surface area contributed by atoms with E-state index in [2.05, 4.69) is 5.32 Å². The lowest BCUT2D eigenvalue weighted by atomic mass is 10.1. The molecule has 3 aliphatic heterocycles. The fourth-order valence-electron chi connectivity index (χ4n) is 1.84. The molecule has 2 bridgehead atoms. The van der Waals surface area contributed by atoms with Crippen LogP contribution in [0.25, 0.3) is 0 Å². The molecule has 1 atom stereocenters. The van der Waals surface area contributed by atoms with Crippen molar-refractivity contribution in [3.8, 4) is 11.5 Å². The SMILES string of the molecule is CC(=O)NC1(OC(C)=O)CN(Cl)C1=O.c1cc2cc(c1)O2. The molecule has 7 nitrogen and oxygen atoms in total. The van der Waals surface area contributed by atoms with Crippen molar-refractivity contribution in [1.29, 1.82) is 0 Å². The third-order valence-electron chi connectivity index (χ3n) is 2.66. The number of nitrogens with zero attached hydrogens (tertiary/aromatic N) is 1. The maximum atomic E-state index is 11.3. The van der Waals surface area contributed by atoms with Gasteiger partial charge in [0.15, 0.2) is 0 Å². The summed E-state index contributed by atoms with van der Waals surface area (Å²) in [5.74, 6) is 0.195. The van der Waals surface area contributed by atoms with Gasteiger partial charge < -0.3 is 14.8 Å². The van der Waals surface area contributed by atoms with Crippen LogP contribution in [-0.4, -0.2) is 34.5 Å². The number of rotatable bonds is 2. The van der Waals surface area contributed by atoms with Crippen LogP contribution in [0, 0.1) is 0 Å². The Kier molecular flexibility index (Phi) is 4.04. The first-order chi connectivity index (χ1) is 9.82. The summed E-state index contributed by atoms with van der Waals surface area (Å²) in [5.41, 5.74) is -1.60. The normalized spacial score (nSPS) is 20.9. The van der Waals surface area contributed by atoms with Crippen LogP contribution in [0.15, 0.2) is 24.3 Å². The number of halogens is 1. The van der Waals surface area contributed by atoms with E-state index in [0.29, 0.717) is 0 Å². The zero-order valence-corrected chi connectivity index (χ0v) is 12.1. The van der Waals surface area contributed by atoms with Crippen molar-refractivity contribution in [2.24, 2.45) is 0 Å². The molecule has 2 amide bonds. The highest BCUT2D eigenvalue weighted by atomic mass is 35.5. The lowest BCUT2D eigenvalue weighted by Crippen LogP contribution is -2.73. The summed E-state index contributed by atoms with van der Waals surface area (Å²) in [6.45, 7) is 2.32. The second-order valence-electron chi connectivity index (χ2n) is 4.50. The van der Waals surface area contributed by atoms with Crippen molar-refractivity contribution in [1.82, 2.24) is 9.74 Å². The highest BCUT2D eigenvalue weighted by molar-refractivity contribution is 6.25. The molecule has 4 rings (SSSR count). The molecule has 1 saturated heterocycles. The van der Waals surface area contributed by atoms with Crippen LogP contribution in [0.4, 0.5) is 0 Å². The van der Waals surface area contributed by atoms with Gasteiger partial charge in [-0.25, -0.2) is 4.42 Å².